The molecule has 0 aromatic carbocycles. The van der Waals surface area contributed by atoms with E-state index in [0.717, 1.165) is 19.1 Å². The lowest BCUT2D eigenvalue weighted by Gasteiger charge is -2.16. The Kier molecular flexibility index (Phi) is 3.63. The zero-order chi connectivity index (χ0) is 12.3. The van der Waals surface area contributed by atoms with E-state index in [1.807, 2.05) is 0 Å². The van der Waals surface area contributed by atoms with Crippen LogP contribution >= 0.6 is 0 Å². The smallest absolute Gasteiger partial charge is 0.242 e. The number of aromatic nitrogens is 2. The van der Waals surface area contributed by atoms with Crippen LogP contribution in [0.15, 0.2) is 6.33 Å². The second-order valence-corrected chi connectivity index (χ2v) is 4.28. The van der Waals surface area contributed by atoms with Gasteiger partial charge in [-0.3, -0.25) is 0 Å². The van der Waals surface area contributed by atoms with E-state index < -0.39 is 0 Å². The lowest BCUT2D eigenvalue weighted by atomic mass is 10.4. The van der Waals surface area contributed by atoms with Crippen molar-refractivity contribution in [3.05, 3.63) is 6.33 Å². The molecule has 17 heavy (non-hydrogen) atoms. The van der Waals surface area contributed by atoms with Gasteiger partial charge in [0.25, 0.3) is 0 Å². The highest BCUT2D eigenvalue weighted by atomic mass is 16.5. The Morgan fingerprint density at radius 1 is 1.53 bits per heavy atom. The fourth-order valence-corrected chi connectivity index (χ4v) is 1.73. The summed E-state index contributed by atoms with van der Waals surface area (Å²) in [6.07, 6.45) is 4.09. The van der Waals surface area contributed by atoms with Gasteiger partial charge < -0.3 is 20.7 Å². The molecule has 2 rings (SSSR count). The molecule has 6 nitrogen and oxygen atoms in total. The van der Waals surface area contributed by atoms with Crippen LogP contribution in [0.25, 0.3) is 0 Å². The fourth-order valence-electron chi connectivity index (χ4n) is 1.73. The summed E-state index contributed by atoms with van der Waals surface area (Å²) in [5, 5.41) is 3.20. The Bertz CT molecular complexity index is 380. The van der Waals surface area contributed by atoms with Crippen LogP contribution < -0.4 is 15.8 Å². The second-order valence-electron chi connectivity index (χ2n) is 4.28. The molecule has 0 bridgehead atoms. The number of likely N-dealkylation sites (N-methyl/N-ethyl adjacent to an activating group) is 1. The summed E-state index contributed by atoms with van der Waals surface area (Å²) in [6.45, 7) is 1.80. The first-order valence-corrected chi connectivity index (χ1v) is 5.81. The maximum absolute atomic E-state index is 5.86. The summed E-state index contributed by atoms with van der Waals surface area (Å²) in [5.74, 6) is 1.05. The molecule has 3 N–H and O–H groups in total. The Labute approximate surface area is 101 Å². The summed E-state index contributed by atoms with van der Waals surface area (Å²) in [5.41, 5.74) is 6.32. The van der Waals surface area contributed by atoms with Crippen molar-refractivity contribution in [2.24, 2.45) is 0 Å². The zero-order valence-corrected chi connectivity index (χ0v) is 10.3. The minimum atomic E-state index is 0.415. The van der Waals surface area contributed by atoms with Crippen LogP contribution in [0.5, 0.6) is 5.88 Å². The monoisotopic (exact) mass is 237 g/mol. The Hall–Kier alpha value is -1.56. The molecule has 0 saturated heterocycles. The second kappa shape index (κ2) is 5.18. The standard InChI is InChI=1S/C11H19N5O/c1-16(8-3-4-8)6-5-13-10-9(12)11(17-2)15-7-14-10/h7-8H,3-6,12H2,1-2H3,(H,13,14,15). The van der Waals surface area contributed by atoms with E-state index in [1.165, 1.54) is 19.2 Å². The molecular formula is C11H19N5O. The Balaban J connectivity index is 1.85. The Morgan fingerprint density at radius 3 is 2.94 bits per heavy atom. The van der Waals surface area contributed by atoms with Crippen LogP contribution in [0.2, 0.25) is 0 Å². The molecular weight excluding hydrogens is 218 g/mol. The highest BCUT2D eigenvalue weighted by Gasteiger charge is 2.25. The van der Waals surface area contributed by atoms with Crippen molar-refractivity contribution in [3.8, 4) is 5.88 Å². The average Bonchev–Trinajstić information content (AvgIpc) is 3.15. The number of hydrogen-bond donors (Lipinski definition) is 2. The number of nitrogen functional groups attached to an aromatic ring is 1. The molecule has 0 atom stereocenters. The van der Waals surface area contributed by atoms with Crippen LogP contribution in [0.3, 0.4) is 0 Å². The Morgan fingerprint density at radius 2 is 2.29 bits per heavy atom. The van der Waals surface area contributed by atoms with Crippen LogP contribution in [-0.2, 0) is 0 Å². The lowest BCUT2D eigenvalue weighted by molar-refractivity contribution is 0.337. The molecule has 0 amide bonds. The number of anilines is 2. The third-order valence-corrected chi connectivity index (χ3v) is 2.97. The quantitative estimate of drug-likeness (QED) is 0.753. The molecule has 0 unspecified atom stereocenters. The summed E-state index contributed by atoms with van der Waals surface area (Å²) in [7, 11) is 3.69. The normalized spacial score (nSPS) is 15.0. The number of nitrogens with two attached hydrogens (primary N) is 1. The van der Waals surface area contributed by atoms with Gasteiger partial charge in [0.1, 0.15) is 12.0 Å². The molecule has 1 aliphatic rings. The first-order valence-electron chi connectivity index (χ1n) is 5.81. The summed E-state index contributed by atoms with van der Waals surface area (Å²) in [6, 6.07) is 0.772. The predicted octanol–water partition coefficient (Wildman–Crippen LogP) is 0.573. The number of rotatable bonds is 6. The molecule has 0 aliphatic heterocycles. The van der Waals surface area contributed by atoms with Crippen molar-refractivity contribution in [2.45, 2.75) is 18.9 Å². The maximum atomic E-state index is 5.86. The lowest BCUT2D eigenvalue weighted by Crippen LogP contribution is -2.27. The van der Waals surface area contributed by atoms with Gasteiger partial charge in [0, 0.05) is 19.1 Å². The summed E-state index contributed by atoms with van der Waals surface area (Å²) < 4.78 is 5.03. The van der Waals surface area contributed by atoms with Crippen molar-refractivity contribution in [3.63, 3.8) is 0 Å². The van der Waals surface area contributed by atoms with Crippen molar-refractivity contribution >= 4 is 11.5 Å². The molecule has 0 radical (unpaired) electrons. The third kappa shape index (κ3) is 2.97. The first-order chi connectivity index (χ1) is 8.22. The van der Waals surface area contributed by atoms with Gasteiger partial charge in [0.15, 0.2) is 5.82 Å². The number of ether oxygens (including phenoxy) is 1. The predicted molar refractivity (Wildman–Crippen MR) is 67.1 cm³/mol. The highest BCUT2D eigenvalue weighted by Crippen LogP contribution is 2.25. The molecule has 1 heterocycles. The number of nitrogens with one attached hydrogen (secondary N) is 1. The summed E-state index contributed by atoms with van der Waals surface area (Å²) in [4.78, 5) is 10.4. The number of nitrogens with zero attached hydrogens (tertiary/aromatic N) is 3. The molecule has 1 aliphatic carbocycles. The molecule has 1 saturated carbocycles. The topological polar surface area (TPSA) is 76.3 Å². The van der Waals surface area contributed by atoms with E-state index in [4.69, 9.17) is 10.5 Å². The number of methoxy groups -OCH3 is 1. The van der Waals surface area contributed by atoms with E-state index >= 15 is 0 Å². The summed E-state index contributed by atoms with van der Waals surface area (Å²) >= 11 is 0. The van der Waals surface area contributed by atoms with Crippen molar-refractivity contribution in [2.75, 3.05) is 38.3 Å². The molecule has 94 valence electrons. The van der Waals surface area contributed by atoms with Gasteiger partial charge in [-0.15, -0.1) is 0 Å². The van der Waals surface area contributed by atoms with Gasteiger partial charge in [-0.05, 0) is 19.9 Å². The molecule has 6 heteroatoms. The van der Waals surface area contributed by atoms with Gasteiger partial charge in [-0.25, -0.2) is 4.98 Å². The molecule has 1 aromatic heterocycles. The average molecular weight is 237 g/mol. The SMILES string of the molecule is COc1ncnc(NCCN(C)C2CC2)c1N. The fraction of sp³-hybridized carbons (Fsp3) is 0.636. The van der Waals surface area contributed by atoms with Gasteiger partial charge >= 0.3 is 0 Å². The van der Waals surface area contributed by atoms with Crippen LogP contribution in [0.1, 0.15) is 12.8 Å². The third-order valence-electron chi connectivity index (χ3n) is 2.97. The van der Waals surface area contributed by atoms with Crippen molar-refractivity contribution < 1.29 is 4.74 Å². The molecule has 0 spiro atoms. The van der Waals surface area contributed by atoms with Crippen LogP contribution in [-0.4, -0.2) is 48.2 Å². The van der Waals surface area contributed by atoms with Crippen LogP contribution in [0, 0.1) is 0 Å². The van der Waals surface area contributed by atoms with Gasteiger partial charge in [0.05, 0.1) is 7.11 Å². The van der Waals surface area contributed by atoms with E-state index in [-0.39, 0.29) is 0 Å². The van der Waals surface area contributed by atoms with Gasteiger partial charge in [-0.1, -0.05) is 0 Å². The van der Waals surface area contributed by atoms with Crippen molar-refractivity contribution in [1.82, 2.24) is 14.9 Å². The van der Waals surface area contributed by atoms with E-state index in [0.29, 0.717) is 17.4 Å². The minimum absolute atomic E-state index is 0.415. The van der Waals surface area contributed by atoms with Gasteiger partial charge in [0.2, 0.25) is 5.88 Å². The van der Waals surface area contributed by atoms with E-state index in [1.54, 1.807) is 7.11 Å². The van der Waals surface area contributed by atoms with Gasteiger partial charge in [-0.2, -0.15) is 4.98 Å². The largest absolute Gasteiger partial charge is 0.479 e. The number of hydrogen-bond acceptors (Lipinski definition) is 6. The van der Waals surface area contributed by atoms with Crippen LogP contribution in [0.4, 0.5) is 11.5 Å². The molecule has 1 fully saturated rings. The highest BCUT2D eigenvalue weighted by molar-refractivity contribution is 5.66. The first kappa shape index (κ1) is 11.9. The van der Waals surface area contributed by atoms with E-state index in [9.17, 15) is 0 Å². The van der Waals surface area contributed by atoms with Crippen molar-refractivity contribution in [1.29, 1.82) is 0 Å². The molecule has 1 aromatic rings. The maximum Gasteiger partial charge on any atom is 0.242 e. The van der Waals surface area contributed by atoms with E-state index in [2.05, 4.69) is 27.2 Å². The zero-order valence-electron chi connectivity index (χ0n) is 10.3. The minimum Gasteiger partial charge on any atom is -0.479 e.